The molecule has 0 saturated heterocycles. The van der Waals surface area contributed by atoms with E-state index in [-0.39, 0.29) is 18.9 Å². The maximum absolute atomic E-state index is 12.6. The second kappa shape index (κ2) is 37.9. The molecule has 4 atom stereocenters. The minimum atomic E-state index is -4.75. The van der Waals surface area contributed by atoms with Gasteiger partial charge in [-0.2, -0.15) is 0 Å². The lowest BCUT2D eigenvalue weighted by Gasteiger charge is -2.20. The van der Waals surface area contributed by atoms with Crippen LogP contribution in [0.3, 0.4) is 0 Å². The Bertz CT molecular complexity index is 1350. The first-order chi connectivity index (χ1) is 27.5. The van der Waals surface area contributed by atoms with Gasteiger partial charge < -0.3 is 30.3 Å². The second-order valence-corrected chi connectivity index (χ2v) is 14.7. The summed E-state index contributed by atoms with van der Waals surface area (Å²) in [5.41, 5.74) is 5.31. The Morgan fingerprint density at radius 1 is 0.632 bits per heavy atom. The van der Waals surface area contributed by atoms with Crippen LogP contribution in [0, 0.1) is 0 Å². The molecule has 0 rings (SSSR count). The van der Waals surface area contributed by atoms with E-state index in [2.05, 4.69) is 97.4 Å². The molecule has 0 amide bonds. The smallest absolute Gasteiger partial charge is 0.472 e. The third kappa shape index (κ3) is 37.7. The number of ether oxygens (including phenoxy) is 2. The summed E-state index contributed by atoms with van der Waals surface area (Å²) < 4.78 is 32.5. The Morgan fingerprint density at radius 3 is 1.63 bits per heavy atom. The quantitative estimate of drug-likeness (QED) is 0.0203. The number of rotatable bonds is 36. The Kier molecular flexibility index (Phi) is 35.5. The summed E-state index contributed by atoms with van der Waals surface area (Å²) in [7, 11) is -4.75. The molecule has 0 radical (unpaired) electrons. The Morgan fingerprint density at radius 2 is 1.11 bits per heavy atom. The Labute approximate surface area is 341 Å². The predicted molar refractivity (Wildman–Crippen MR) is 227 cm³/mol. The fourth-order valence-electron chi connectivity index (χ4n) is 4.71. The number of phosphoric ester groups is 1. The number of carbonyl (C=O) groups excluding carboxylic acids is 2. The average Bonchev–Trinajstić information content (AvgIpc) is 3.18. The molecule has 12 nitrogen and oxygen atoms in total. The van der Waals surface area contributed by atoms with Crippen LogP contribution in [0.4, 0.5) is 0 Å². The van der Waals surface area contributed by atoms with Crippen LogP contribution in [0.1, 0.15) is 123 Å². The summed E-state index contributed by atoms with van der Waals surface area (Å²) in [4.78, 5) is 45.8. The number of aliphatic carboxylic acids is 1. The van der Waals surface area contributed by atoms with E-state index >= 15 is 0 Å². The molecule has 0 aromatic carbocycles. The molecule has 5 N–H and O–H groups in total. The number of aliphatic hydroxyl groups excluding tert-OH is 1. The van der Waals surface area contributed by atoms with Crippen molar-refractivity contribution in [1.29, 1.82) is 0 Å². The number of phosphoric acid groups is 1. The monoisotopic (exact) mass is 819 g/mol. The van der Waals surface area contributed by atoms with Crippen molar-refractivity contribution in [3.8, 4) is 0 Å². The first-order valence-electron chi connectivity index (χ1n) is 20.3. The highest BCUT2D eigenvalue weighted by atomic mass is 31.2. The molecule has 13 heteroatoms. The molecule has 0 aromatic rings. The molecular formula is C44H70NO11P. The van der Waals surface area contributed by atoms with Gasteiger partial charge in [-0.1, -0.05) is 117 Å². The van der Waals surface area contributed by atoms with Gasteiger partial charge in [0.05, 0.1) is 19.3 Å². The van der Waals surface area contributed by atoms with Crippen LogP contribution in [0.15, 0.2) is 97.2 Å². The van der Waals surface area contributed by atoms with Crippen molar-refractivity contribution in [1.82, 2.24) is 0 Å². The summed E-state index contributed by atoms with van der Waals surface area (Å²) in [5.74, 6) is -2.55. The lowest BCUT2D eigenvalue weighted by atomic mass is 10.1. The summed E-state index contributed by atoms with van der Waals surface area (Å²) in [6.45, 7) is 2.35. The van der Waals surface area contributed by atoms with Crippen molar-refractivity contribution in [2.45, 2.75) is 141 Å². The largest absolute Gasteiger partial charge is 0.480 e. The fourth-order valence-corrected chi connectivity index (χ4v) is 5.49. The molecular weight excluding hydrogens is 749 g/mol. The van der Waals surface area contributed by atoms with Crippen LogP contribution in [-0.2, 0) is 37.5 Å². The molecule has 0 fully saturated rings. The molecule has 0 spiro atoms. The van der Waals surface area contributed by atoms with Crippen LogP contribution in [0.25, 0.3) is 0 Å². The Balaban J connectivity index is 4.62. The van der Waals surface area contributed by atoms with Crippen LogP contribution in [-0.4, -0.2) is 71.1 Å². The van der Waals surface area contributed by atoms with E-state index in [1.807, 2.05) is 18.2 Å². The molecule has 0 aliphatic heterocycles. The first-order valence-corrected chi connectivity index (χ1v) is 21.8. The zero-order valence-corrected chi connectivity index (χ0v) is 35.1. The van der Waals surface area contributed by atoms with Crippen molar-refractivity contribution in [2.75, 3.05) is 19.8 Å². The number of unbranched alkanes of at least 4 members (excludes halogenated alkanes) is 3. The standard InChI is InChI=1S/C44H70NO11P/c1-3-5-6-7-8-9-10-11-12-15-18-21-24-27-30-34-42(47)53-36-40(37-54-57(51,52)55-38-41(45)44(49)50)56-43(48)35-31-28-25-22-19-16-13-14-17-20-23-26-29-33-39(46)32-4-2/h5-6,8-9,11-13,16-18,20-22,25-26,29,39-41,46H,3-4,7,10,14-15,19,23-24,27-28,30-38,45H2,1-2H3,(H,49,50)(H,51,52)/b6-5-,9-8-,12-11-,16-13-,20-17-,21-18-,25-22-,29-26-/t39?,40-,41+/m1/s1. The maximum Gasteiger partial charge on any atom is 0.472 e. The zero-order valence-electron chi connectivity index (χ0n) is 34.2. The number of aliphatic hydroxyl groups is 1. The number of esters is 2. The Hall–Kier alpha value is -3.64. The number of hydrogen-bond donors (Lipinski definition) is 4. The number of nitrogens with two attached hydrogens (primary N) is 1. The van der Waals surface area contributed by atoms with E-state index in [1.54, 1.807) is 0 Å². The lowest BCUT2D eigenvalue weighted by Crippen LogP contribution is -2.34. The topological polar surface area (TPSA) is 192 Å². The number of carboxylic acid groups (broad SMARTS) is 1. The minimum Gasteiger partial charge on any atom is -0.480 e. The summed E-state index contributed by atoms with van der Waals surface area (Å²) in [6.07, 6.45) is 44.1. The summed E-state index contributed by atoms with van der Waals surface area (Å²) in [5, 5.41) is 18.6. The predicted octanol–water partition coefficient (Wildman–Crippen LogP) is 9.47. The highest BCUT2D eigenvalue weighted by molar-refractivity contribution is 7.47. The first kappa shape index (κ1) is 53.4. The molecule has 0 bridgehead atoms. The van der Waals surface area contributed by atoms with Gasteiger partial charge in [0.2, 0.25) is 0 Å². The van der Waals surface area contributed by atoms with E-state index < -0.39 is 57.7 Å². The fraction of sp³-hybridized carbons (Fsp3) is 0.568. The van der Waals surface area contributed by atoms with Crippen LogP contribution in [0.5, 0.6) is 0 Å². The highest BCUT2D eigenvalue weighted by Crippen LogP contribution is 2.43. The summed E-state index contributed by atoms with van der Waals surface area (Å²) in [6, 6.07) is -1.55. The van der Waals surface area contributed by atoms with Gasteiger partial charge in [-0.15, -0.1) is 0 Å². The van der Waals surface area contributed by atoms with Gasteiger partial charge in [0.15, 0.2) is 6.10 Å². The zero-order chi connectivity index (χ0) is 42.2. The second-order valence-electron chi connectivity index (χ2n) is 13.2. The minimum absolute atomic E-state index is 0.0550. The highest BCUT2D eigenvalue weighted by Gasteiger charge is 2.28. The van der Waals surface area contributed by atoms with E-state index in [9.17, 15) is 28.9 Å². The van der Waals surface area contributed by atoms with Gasteiger partial charge in [0.1, 0.15) is 12.6 Å². The maximum atomic E-state index is 12.6. The molecule has 2 unspecified atom stereocenters. The van der Waals surface area contributed by atoms with Gasteiger partial charge in [-0.25, -0.2) is 4.57 Å². The molecule has 0 aliphatic rings. The summed E-state index contributed by atoms with van der Waals surface area (Å²) >= 11 is 0. The molecule has 0 heterocycles. The number of carbonyl (C=O) groups is 3. The van der Waals surface area contributed by atoms with E-state index in [4.69, 9.17) is 24.8 Å². The number of allylic oxidation sites excluding steroid dienone is 15. The van der Waals surface area contributed by atoms with Crippen molar-refractivity contribution < 1.29 is 52.6 Å². The van der Waals surface area contributed by atoms with Crippen LogP contribution < -0.4 is 5.73 Å². The van der Waals surface area contributed by atoms with Crippen molar-refractivity contribution in [3.63, 3.8) is 0 Å². The molecule has 0 aliphatic carbocycles. The normalized spacial score (nSPS) is 15.3. The van der Waals surface area contributed by atoms with Gasteiger partial charge >= 0.3 is 25.7 Å². The van der Waals surface area contributed by atoms with Crippen molar-refractivity contribution in [3.05, 3.63) is 97.2 Å². The average molecular weight is 820 g/mol. The van der Waals surface area contributed by atoms with E-state index in [0.29, 0.717) is 25.7 Å². The SMILES string of the molecule is CC/C=C\C/C=C\C/C=C\C/C=C\CCCCC(=O)OC[C@H](COP(=O)(O)OC[C@H](N)C(=O)O)OC(=O)CCC/C=C\C/C=C\C/C=C\C/C=C\CC(O)CCC. The van der Waals surface area contributed by atoms with Gasteiger partial charge in [-0.3, -0.25) is 23.4 Å². The third-order valence-electron chi connectivity index (χ3n) is 7.87. The molecule has 322 valence electrons. The van der Waals surface area contributed by atoms with Gasteiger partial charge in [-0.05, 0) is 89.9 Å². The van der Waals surface area contributed by atoms with Crippen molar-refractivity contribution in [2.24, 2.45) is 5.73 Å². The van der Waals surface area contributed by atoms with Gasteiger partial charge in [0.25, 0.3) is 0 Å². The van der Waals surface area contributed by atoms with Crippen molar-refractivity contribution >= 4 is 25.7 Å². The van der Waals surface area contributed by atoms with Crippen LogP contribution >= 0.6 is 7.82 Å². The van der Waals surface area contributed by atoms with Gasteiger partial charge in [0, 0.05) is 12.8 Å². The molecule has 0 aromatic heterocycles. The van der Waals surface area contributed by atoms with E-state index in [0.717, 1.165) is 70.6 Å². The molecule has 57 heavy (non-hydrogen) atoms. The number of hydrogen-bond acceptors (Lipinski definition) is 10. The number of carboxylic acids is 1. The lowest BCUT2D eigenvalue weighted by molar-refractivity contribution is -0.161. The third-order valence-corrected chi connectivity index (χ3v) is 8.82. The molecule has 0 saturated carbocycles. The van der Waals surface area contributed by atoms with Crippen LogP contribution in [0.2, 0.25) is 0 Å². The van der Waals surface area contributed by atoms with E-state index in [1.165, 1.54) is 0 Å².